The van der Waals surface area contributed by atoms with Crippen molar-refractivity contribution in [2.24, 2.45) is 0 Å². The maximum Gasteiger partial charge on any atom is 0.278 e. The van der Waals surface area contributed by atoms with Gasteiger partial charge in [0.1, 0.15) is 0 Å². The maximum atomic E-state index is 11.3. The molecule has 1 atom stereocenters. The Balaban J connectivity index is 2.02. The van der Waals surface area contributed by atoms with E-state index in [2.05, 4.69) is 16.8 Å². The van der Waals surface area contributed by atoms with Gasteiger partial charge < -0.3 is 4.90 Å². The summed E-state index contributed by atoms with van der Waals surface area (Å²) < 4.78 is 0. The lowest BCUT2D eigenvalue weighted by atomic mass is 10.1. The Hall–Kier alpha value is -1.82. The van der Waals surface area contributed by atoms with E-state index in [9.17, 15) is 10.1 Å². The SMILES string of the molecule is CCSC1CCCCN(c2ccc([N+](=O)[O-])c3cnccc23)C1. The Kier molecular flexibility index (Phi) is 5.00. The van der Waals surface area contributed by atoms with Crippen LogP contribution in [0.2, 0.25) is 0 Å². The number of anilines is 1. The largest absolute Gasteiger partial charge is 0.370 e. The second kappa shape index (κ2) is 7.17. The smallest absolute Gasteiger partial charge is 0.278 e. The normalized spacial score (nSPS) is 18.8. The van der Waals surface area contributed by atoms with E-state index in [1.807, 2.05) is 23.9 Å². The van der Waals surface area contributed by atoms with Crippen LogP contribution in [0.1, 0.15) is 26.2 Å². The van der Waals surface area contributed by atoms with Crippen LogP contribution in [-0.2, 0) is 0 Å². The van der Waals surface area contributed by atoms with Gasteiger partial charge in [-0.1, -0.05) is 13.3 Å². The number of benzene rings is 1. The zero-order chi connectivity index (χ0) is 16.2. The number of nitro groups is 1. The van der Waals surface area contributed by atoms with E-state index in [1.165, 1.54) is 19.3 Å². The van der Waals surface area contributed by atoms with E-state index in [4.69, 9.17) is 0 Å². The molecule has 23 heavy (non-hydrogen) atoms. The highest BCUT2D eigenvalue weighted by Gasteiger charge is 2.22. The summed E-state index contributed by atoms with van der Waals surface area (Å²) in [5.41, 5.74) is 1.22. The highest BCUT2D eigenvalue weighted by Crippen LogP contribution is 2.35. The van der Waals surface area contributed by atoms with Crippen molar-refractivity contribution in [2.45, 2.75) is 31.4 Å². The zero-order valence-electron chi connectivity index (χ0n) is 13.3. The minimum absolute atomic E-state index is 0.131. The number of thioether (sulfide) groups is 1. The van der Waals surface area contributed by atoms with Crippen LogP contribution in [0.5, 0.6) is 0 Å². The van der Waals surface area contributed by atoms with Gasteiger partial charge in [-0.2, -0.15) is 11.8 Å². The van der Waals surface area contributed by atoms with Gasteiger partial charge in [0, 0.05) is 47.9 Å². The van der Waals surface area contributed by atoms with Crippen LogP contribution in [0.15, 0.2) is 30.6 Å². The minimum atomic E-state index is -0.327. The number of hydrogen-bond donors (Lipinski definition) is 0. The predicted molar refractivity (Wildman–Crippen MR) is 96.4 cm³/mol. The van der Waals surface area contributed by atoms with Crippen LogP contribution in [0.3, 0.4) is 0 Å². The van der Waals surface area contributed by atoms with Crippen molar-refractivity contribution < 1.29 is 4.92 Å². The van der Waals surface area contributed by atoms with Crippen molar-refractivity contribution >= 4 is 33.9 Å². The van der Waals surface area contributed by atoms with Crippen LogP contribution in [0.25, 0.3) is 10.8 Å². The van der Waals surface area contributed by atoms with E-state index in [0.717, 1.165) is 29.9 Å². The lowest BCUT2D eigenvalue weighted by molar-refractivity contribution is -0.383. The average molecular weight is 331 g/mol. The monoisotopic (exact) mass is 331 g/mol. The number of nitro benzene ring substituents is 1. The molecule has 1 fully saturated rings. The summed E-state index contributed by atoms with van der Waals surface area (Å²) >= 11 is 2.02. The van der Waals surface area contributed by atoms with Crippen LogP contribution in [0, 0.1) is 10.1 Å². The van der Waals surface area contributed by atoms with Crippen molar-refractivity contribution in [3.8, 4) is 0 Å². The highest BCUT2D eigenvalue weighted by atomic mass is 32.2. The van der Waals surface area contributed by atoms with Crippen LogP contribution < -0.4 is 4.90 Å². The van der Waals surface area contributed by atoms with E-state index in [0.29, 0.717) is 10.6 Å². The third-order valence-corrected chi connectivity index (χ3v) is 5.53. The van der Waals surface area contributed by atoms with Gasteiger partial charge in [-0.3, -0.25) is 15.1 Å². The van der Waals surface area contributed by atoms with Gasteiger partial charge >= 0.3 is 0 Å². The third-order valence-electron chi connectivity index (χ3n) is 4.34. The van der Waals surface area contributed by atoms with Gasteiger partial charge in [0.15, 0.2) is 0 Å². The lowest BCUT2D eigenvalue weighted by Crippen LogP contribution is -2.29. The molecule has 1 aromatic heterocycles. The van der Waals surface area contributed by atoms with E-state index < -0.39 is 0 Å². The third kappa shape index (κ3) is 3.42. The van der Waals surface area contributed by atoms with Crippen molar-refractivity contribution in [1.82, 2.24) is 4.98 Å². The number of pyridine rings is 1. The van der Waals surface area contributed by atoms with Crippen LogP contribution in [-0.4, -0.2) is 34.0 Å². The molecule has 1 aliphatic heterocycles. The molecular formula is C17H21N3O2S. The number of aromatic nitrogens is 1. The molecule has 5 nitrogen and oxygen atoms in total. The second-order valence-corrected chi connectivity index (χ2v) is 7.38. The molecule has 1 saturated heterocycles. The second-order valence-electron chi connectivity index (χ2n) is 5.80. The van der Waals surface area contributed by atoms with Crippen LogP contribution >= 0.6 is 11.8 Å². The predicted octanol–water partition coefficient (Wildman–Crippen LogP) is 4.26. The molecule has 0 spiro atoms. The molecule has 0 aliphatic carbocycles. The summed E-state index contributed by atoms with van der Waals surface area (Å²) in [6.07, 6.45) is 6.99. The minimum Gasteiger partial charge on any atom is -0.370 e. The Bertz CT molecular complexity index is 707. The first-order valence-corrected chi connectivity index (χ1v) is 9.13. The Morgan fingerprint density at radius 2 is 2.22 bits per heavy atom. The first-order chi connectivity index (χ1) is 11.2. The average Bonchev–Trinajstić information content (AvgIpc) is 2.79. The summed E-state index contributed by atoms with van der Waals surface area (Å²) in [5.74, 6) is 1.13. The molecule has 3 rings (SSSR count). The fraction of sp³-hybridized carbons (Fsp3) is 0.471. The molecule has 2 heterocycles. The summed E-state index contributed by atoms with van der Waals surface area (Å²) in [5, 5.41) is 13.4. The fourth-order valence-corrected chi connectivity index (χ4v) is 4.38. The molecule has 1 aliphatic rings. The molecule has 0 radical (unpaired) electrons. The highest BCUT2D eigenvalue weighted by molar-refractivity contribution is 7.99. The Morgan fingerprint density at radius 1 is 1.35 bits per heavy atom. The lowest BCUT2D eigenvalue weighted by Gasteiger charge is -2.27. The summed E-state index contributed by atoms with van der Waals surface area (Å²) in [6.45, 7) is 4.22. The molecule has 0 saturated carbocycles. The summed E-state index contributed by atoms with van der Waals surface area (Å²) in [7, 11) is 0. The van der Waals surface area contributed by atoms with Gasteiger partial charge in [-0.05, 0) is 30.7 Å². The number of hydrogen-bond acceptors (Lipinski definition) is 5. The van der Waals surface area contributed by atoms with Gasteiger partial charge in [0.25, 0.3) is 5.69 Å². The van der Waals surface area contributed by atoms with E-state index in [-0.39, 0.29) is 10.6 Å². The fourth-order valence-electron chi connectivity index (χ4n) is 3.29. The van der Waals surface area contributed by atoms with E-state index >= 15 is 0 Å². The molecule has 0 N–H and O–H groups in total. The van der Waals surface area contributed by atoms with Gasteiger partial charge in [-0.25, -0.2) is 0 Å². The number of nitrogens with zero attached hydrogens (tertiary/aromatic N) is 3. The summed E-state index contributed by atoms with van der Waals surface area (Å²) in [4.78, 5) is 17.4. The number of rotatable bonds is 4. The molecule has 1 aromatic carbocycles. The topological polar surface area (TPSA) is 59.3 Å². The molecular weight excluding hydrogens is 310 g/mol. The maximum absolute atomic E-state index is 11.3. The van der Waals surface area contributed by atoms with Gasteiger partial charge in [0.2, 0.25) is 0 Å². The van der Waals surface area contributed by atoms with Gasteiger partial charge in [-0.15, -0.1) is 0 Å². The molecule has 6 heteroatoms. The van der Waals surface area contributed by atoms with Crippen molar-refractivity contribution in [1.29, 1.82) is 0 Å². The molecule has 2 aromatic rings. The summed E-state index contributed by atoms with van der Waals surface area (Å²) in [6, 6.07) is 5.41. The van der Waals surface area contributed by atoms with Crippen LogP contribution in [0.4, 0.5) is 11.4 Å². The van der Waals surface area contributed by atoms with Crippen molar-refractivity contribution in [2.75, 3.05) is 23.7 Å². The van der Waals surface area contributed by atoms with Gasteiger partial charge in [0.05, 0.1) is 10.3 Å². The van der Waals surface area contributed by atoms with E-state index in [1.54, 1.807) is 18.5 Å². The standard InChI is InChI=1S/C17H21N3O2S/c1-2-23-13-5-3-4-10-19(12-13)16-6-7-17(20(21)22)15-11-18-9-8-14(15)16/h6-9,11,13H,2-5,10,12H2,1H3. The molecule has 0 bridgehead atoms. The first-order valence-electron chi connectivity index (χ1n) is 8.08. The quantitative estimate of drug-likeness (QED) is 0.619. The molecule has 0 amide bonds. The van der Waals surface area contributed by atoms with Crippen molar-refractivity contribution in [3.05, 3.63) is 40.7 Å². The molecule has 122 valence electrons. The zero-order valence-corrected chi connectivity index (χ0v) is 14.1. The first kappa shape index (κ1) is 16.1. The number of fused-ring (bicyclic) bond motifs is 1. The Morgan fingerprint density at radius 3 is 3.00 bits per heavy atom. The number of non-ortho nitro benzene ring substituents is 1. The molecule has 1 unspecified atom stereocenters. The van der Waals surface area contributed by atoms with Crippen molar-refractivity contribution in [3.63, 3.8) is 0 Å². The Labute approximate surface area is 140 Å².